The summed E-state index contributed by atoms with van der Waals surface area (Å²) in [4.78, 5) is 38.0. The Kier molecular flexibility index (Phi) is 5.39. The van der Waals surface area contributed by atoms with E-state index >= 15 is 0 Å². The Morgan fingerprint density at radius 3 is 2.63 bits per heavy atom. The van der Waals surface area contributed by atoms with Crippen molar-refractivity contribution in [2.45, 2.75) is 38.3 Å². The molecule has 2 aliphatic heterocycles. The van der Waals surface area contributed by atoms with Gasteiger partial charge in [-0.15, -0.1) is 0 Å². The van der Waals surface area contributed by atoms with Crippen LogP contribution in [0, 0.1) is 11.7 Å². The van der Waals surface area contributed by atoms with Gasteiger partial charge in [0.15, 0.2) is 0 Å². The second-order valence-electron chi connectivity index (χ2n) is 7.21. The number of anilines is 1. The summed E-state index contributed by atoms with van der Waals surface area (Å²) >= 11 is 5.85. The highest BCUT2D eigenvalue weighted by Crippen LogP contribution is 2.31. The SMILES string of the molecule is C[C@@H](C(=O)Nc1cc(Cl)ccc1F)N1CCC([C@@]2(C)NC(=O)NC2=O)CC1. The van der Waals surface area contributed by atoms with Crippen molar-refractivity contribution in [3.05, 3.63) is 29.0 Å². The number of hydrogen-bond donors (Lipinski definition) is 3. The first-order valence-corrected chi connectivity index (χ1v) is 9.22. The molecule has 2 fully saturated rings. The average molecular weight is 397 g/mol. The van der Waals surface area contributed by atoms with Crippen LogP contribution in [0.25, 0.3) is 0 Å². The Labute approximate surface area is 161 Å². The predicted octanol–water partition coefficient (Wildman–Crippen LogP) is 2.12. The van der Waals surface area contributed by atoms with E-state index in [0.29, 0.717) is 31.0 Å². The second kappa shape index (κ2) is 7.44. The lowest BCUT2D eigenvalue weighted by molar-refractivity contribution is -0.127. The Balaban J connectivity index is 1.59. The molecule has 0 aliphatic carbocycles. The molecule has 1 aromatic rings. The zero-order valence-corrected chi connectivity index (χ0v) is 15.9. The molecule has 7 nitrogen and oxygen atoms in total. The zero-order valence-electron chi connectivity index (χ0n) is 15.1. The standard InChI is InChI=1S/C18H22ClFN4O3/c1-10(15(25)21-14-9-12(19)3-4-13(14)20)24-7-5-11(6-8-24)18(2)16(26)22-17(27)23-18/h3-4,9-11H,5-8H2,1-2H3,(H,21,25)(H2,22,23,26,27)/t10-,18+/m0/s1. The number of piperidine rings is 1. The van der Waals surface area contributed by atoms with E-state index in [9.17, 15) is 18.8 Å². The van der Waals surface area contributed by atoms with Crippen LogP contribution in [0.5, 0.6) is 0 Å². The van der Waals surface area contributed by atoms with Crippen molar-refractivity contribution in [2.24, 2.45) is 5.92 Å². The van der Waals surface area contributed by atoms with Crippen molar-refractivity contribution in [1.29, 1.82) is 0 Å². The van der Waals surface area contributed by atoms with Gasteiger partial charge in [-0.2, -0.15) is 0 Å². The maximum atomic E-state index is 13.8. The number of nitrogens with zero attached hydrogens (tertiary/aromatic N) is 1. The molecule has 0 radical (unpaired) electrons. The molecule has 0 spiro atoms. The Morgan fingerprint density at radius 2 is 2.04 bits per heavy atom. The van der Waals surface area contributed by atoms with E-state index in [2.05, 4.69) is 16.0 Å². The largest absolute Gasteiger partial charge is 0.323 e. The highest BCUT2D eigenvalue weighted by Gasteiger charge is 2.48. The van der Waals surface area contributed by atoms with Crippen molar-refractivity contribution in [3.8, 4) is 0 Å². The molecule has 0 saturated carbocycles. The van der Waals surface area contributed by atoms with Crippen LogP contribution in [-0.2, 0) is 9.59 Å². The number of urea groups is 1. The van der Waals surface area contributed by atoms with E-state index < -0.39 is 23.4 Å². The summed E-state index contributed by atoms with van der Waals surface area (Å²) in [6.07, 6.45) is 1.32. The van der Waals surface area contributed by atoms with Gasteiger partial charge < -0.3 is 10.6 Å². The third-order valence-electron chi connectivity index (χ3n) is 5.53. The van der Waals surface area contributed by atoms with Crippen molar-refractivity contribution >= 4 is 35.1 Å². The number of benzene rings is 1. The van der Waals surface area contributed by atoms with Crippen LogP contribution in [0.2, 0.25) is 5.02 Å². The predicted molar refractivity (Wildman–Crippen MR) is 98.9 cm³/mol. The molecule has 27 heavy (non-hydrogen) atoms. The van der Waals surface area contributed by atoms with Crippen LogP contribution in [-0.4, -0.2) is 47.4 Å². The van der Waals surface area contributed by atoms with Crippen LogP contribution in [0.15, 0.2) is 18.2 Å². The van der Waals surface area contributed by atoms with Crippen LogP contribution >= 0.6 is 11.6 Å². The molecule has 3 rings (SSSR count). The van der Waals surface area contributed by atoms with E-state index in [4.69, 9.17) is 11.6 Å². The van der Waals surface area contributed by atoms with E-state index in [1.165, 1.54) is 18.2 Å². The molecule has 9 heteroatoms. The summed E-state index contributed by atoms with van der Waals surface area (Å²) in [5.74, 6) is -1.20. The van der Waals surface area contributed by atoms with Gasteiger partial charge in [0.05, 0.1) is 11.7 Å². The van der Waals surface area contributed by atoms with Crippen molar-refractivity contribution in [2.75, 3.05) is 18.4 Å². The number of rotatable bonds is 4. The summed E-state index contributed by atoms with van der Waals surface area (Å²) in [6, 6.07) is 3.05. The average Bonchev–Trinajstić information content (AvgIpc) is 2.90. The lowest BCUT2D eigenvalue weighted by Crippen LogP contribution is -2.55. The summed E-state index contributed by atoms with van der Waals surface area (Å²) in [5.41, 5.74) is -0.870. The Bertz CT molecular complexity index is 782. The molecular weight excluding hydrogens is 375 g/mol. The fourth-order valence-corrected chi connectivity index (χ4v) is 3.88. The topological polar surface area (TPSA) is 90.5 Å². The molecule has 2 saturated heterocycles. The van der Waals surface area contributed by atoms with E-state index in [-0.39, 0.29) is 23.4 Å². The van der Waals surface area contributed by atoms with Crippen LogP contribution in [0.3, 0.4) is 0 Å². The van der Waals surface area contributed by atoms with Gasteiger partial charge in [0, 0.05) is 5.02 Å². The third kappa shape index (κ3) is 3.91. The molecule has 4 amide bonds. The summed E-state index contributed by atoms with van der Waals surface area (Å²) in [5, 5.41) is 7.90. The molecule has 146 valence electrons. The second-order valence-corrected chi connectivity index (χ2v) is 7.65. The number of imide groups is 1. The minimum absolute atomic E-state index is 0.0131. The smallest absolute Gasteiger partial charge is 0.322 e. The van der Waals surface area contributed by atoms with Gasteiger partial charge in [0.1, 0.15) is 11.4 Å². The number of carbonyl (C=O) groups is 3. The molecule has 0 aromatic heterocycles. The first-order chi connectivity index (χ1) is 12.7. The molecule has 2 heterocycles. The fraction of sp³-hybridized carbons (Fsp3) is 0.500. The monoisotopic (exact) mass is 396 g/mol. The maximum Gasteiger partial charge on any atom is 0.322 e. The number of nitrogens with one attached hydrogen (secondary N) is 3. The highest BCUT2D eigenvalue weighted by molar-refractivity contribution is 6.30. The first-order valence-electron chi connectivity index (χ1n) is 8.84. The van der Waals surface area contributed by atoms with Crippen molar-refractivity contribution in [3.63, 3.8) is 0 Å². The summed E-state index contributed by atoms with van der Waals surface area (Å²) < 4.78 is 13.8. The van der Waals surface area contributed by atoms with Crippen molar-refractivity contribution < 1.29 is 18.8 Å². The van der Waals surface area contributed by atoms with Crippen LogP contribution in [0.1, 0.15) is 26.7 Å². The normalized spacial score (nSPS) is 25.0. The molecule has 1 aromatic carbocycles. The van der Waals surface area contributed by atoms with Gasteiger partial charge in [0.25, 0.3) is 5.91 Å². The van der Waals surface area contributed by atoms with Crippen LogP contribution in [0.4, 0.5) is 14.9 Å². The molecule has 3 N–H and O–H groups in total. The van der Waals surface area contributed by atoms with Crippen molar-refractivity contribution in [1.82, 2.24) is 15.5 Å². The van der Waals surface area contributed by atoms with Gasteiger partial charge in [-0.25, -0.2) is 9.18 Å². The molecule has 0 bridgehead atoms. The van der Waals surface area contributed by atoms with Gasteiger partial charge in [-0.1, -0.05) is 11.6 Å². The quantitative estimate of drug-likeness (QED) is 0.680. The third-order valence-corrected chi connectivity index (χ3v) is 5.77. The fourth-order valence-electron chi connectivity index (χ4n) is 3.70. The van der Waals surface area contributed by atoms with E-state index in [1.807, 2.05) is 4.90 Å². The number of carbonyl (C=O) groups excluding carboxylic acids is 3. The van der Waals surface area contributed by atoms with E-state index in [0.717, 1.165) is 0 Å². The molecule has 0 unspecified atom stereocenters. The molecular formula is C18H22ClFN4O3. The number of amides is 4. The molecule has 2 atom stereocenters. The lowest BCUT2D eigenvalue weighted by Gasteiger charge is -2.40. The number of halogens is 2. The number of hydrogen-bond acceptors (Lipinski definition) is 4. The van der Waals surface area contributed by atoms with E-state index in [1.54, 1.807) is 13.8 Å². The van der Waals surface area contributed by atoms with Gasteiger partial charge in [0.2, 0.25) is 5.91 Å². The van der Waals surface area contributed by atoms with Gasteiger partial charge in [-0.3, -0.25) is 19.8 Å². The minimum atomic E-state index is -0.918. The highest BCUT2D eigenvalue weighted by atomic mass is 35.5. The zero-order chi connectivity index (χ0) is 19.8. The first kappa shape index (κ1) is 19.6. The lowest BCUT2D eigenvalue weighted by atomic mass is 9.79. The van der Waals surface area contributed by atoms with Gasteiger partial charge >= 0.3 is 6.03 Å². The van der Waals surface area contributed by atoms with Gasteiger partial charge in [-0.05, 0) is 63.9 Å². The summed E-state index contributed by atoms with van der Waals surface area (Å²) in [7, 11) is 0. The number of likely N-dealkylation sites (tertiary alicyclic amines) is 1. The van der Waals surface area contributed by atoms with Crippen LogP contribution < -0.4 is 16.0 Å². The summed E-state index contributed by atoms with van der Waals surface area (Å²) in [6.45, 7) is 4.67. The maximum absolute atomic E-state index is 13.8. The Hall–Kier alpha value is -2.19. The molecule has 2 aliphatic rings. The Morgan fingerprint density at radius 1 is 1.37 bits per heavy atom. The minimum Gasteiger partial charge on any atom is -0.323 e.